The number of carbonyl (C=O) groups is 2. The lowest BCUT2D eigenvalue weighted by atomic mass is 10.2. The van der Waals surface area contributed by atoms with Crippen molar-refractivity contribution in [3.63, 3.8) is 0 Å². The molecule has 0 aromatic heterocycles. The van der Waals surface area contributed by atoms with Crippen LogP contribution in [0.25, 0.3) is 0 Å². The quantitative estimate of drug-likeness (QED) is 0.456. The largest absolute Gasteiger partial charge is 0.466 e. The highest BCUT2D eigenvalue weighted by atomic mass is 19.4. The second-order valence-corrected chi connectivity index (χ2v) is 6.93. The third-order valence-corrected chi connectivity index (χ3v) is 4.70. The summed E-state index contributed by atoms with van der Waals surface area (Å²) in [5.74, 6) is -7.56. The number of benzene rings is 2. The fraction of sp³-hybridized carbons (Fsp3) is 0.238. The lowest BCUT2D eigenvalue weighted by molar-refractivity contribution is -0.138. The number of aliphatic hydroxyl groups is 1. The number of anilines is 1. The van der Waals surface area contributed by atoms with E-state index >= 15 is 0 Å². The van der Waals surface area contributed by atoms with Gasteiger partial charge in [0.2, 0.25) is 0 Å². The van der Waals surface area contributed by atoms with E-state index in [9.17, 15) is 35.9 Å². The Labute approximate surface area is 188 Å². The van der Waals surface area contributed by atoms with Gasteiger partial charge in [-0.3, -0.25) is 4.79 Å². The average molecular weight is 490 g/mol. The molecule has 0 atom stereocenters. The zero-order valence-electron chi connectivity index (χ0n) is 17.3. The molecule has 0 saturated heterocycles. The molecule has 0 bridgehead atoms. The first-order valence-corrected chi connectivity index (χ1v) is 9.48. The molecule has 0 unspecified atom stereocenters. The van der Waals surface area contributed by atoms with E-state index in [-0.39, 0.29) is 48.8 Å². The van der Waals surface area contributed by atoms with Crippen molar-refractivity contribution < 1.29 is 50.5 Å². The van der Waals surface area contributed by atoms with Gasteiger partial charge in [-0.15, -0.1) is 0 Å². The van der Waals surface area contributed by atoms with E-state index in [1.165, 1.54) is 0 Å². The fourth-order valence-corrected chi connectivity index (χ4v) is 3.08. The van der Waals surface area contributed by atoms with Crippen LogP contribution in [0.2, 0.25) is 0 Å². The number of aliphatic hydroxyl groups excluding tert-OH is 1. The van der Waals surface area contributed by atoms with E-state index in [2.05, 4.69) is 10.1 Å². The van der Waals surface area contributed by atoms with Crippen LogP contribution >= 0.6 is 0 Å². The molecule has 1 aliphatic heterocycles. The van der Waals surface area contributed by atoms with E-state index in [1.54, 1.807) is 0 Å². The summed E-state index contributed by atoms with van der Waals surface area (Å²) in [4.78, 5) is 25.6. The minimum Gasteiger partial charge on any atom is -0.466 e. The van der Waals surface area contributed by atoms with Gasteiger partial charge in [-0.2, -0.15) is 13.2 Å². The molecule has 1 amide bonds. The van der Waals surface area contributed by atoms with Crippen LogP contribution < -0.4 is 10.1 Å². The summed E-state index contributed by atoms with van der Waals surface area (Å²) in [6.07, 6.45) is -4.98. The third-order valence-electron chi connectivity index (χ3n) is 4.70. The summed E-state index contributed by atoms with van der Waals surface area (Å²) >= 11 is 0. The summed E-state index contributed by atoms with van der Waals surface area (Å²) in [7, 11) is 1.08. The highest BCUT2D eigenvalue weighted by Crippen LogP contribution is 2.36. The van der Waals surface area contributed by atoms with Crippen LogP contribution in [-0.4, -0.2) is 48.7 Å². The number of amides is 1. The second kappa shape index (κ2) is 9.63. The molecule has 2 aromatic carbocycles. The Morgan fingerprint density at radius 2 is 1.76 bits per heavy atom. The topological polar surface area (TPSA) is 88.1 Å². The first-order chi connectivity index (χ1) is 16.0. The first-order valence-electron chi connectivity index (χ1n) is 9.48. The Morgan fingerprint density at radius 3 is 2.29 bits per heavy atom. The number of rotatable bonds is 7. The number of ether oxygens (including phenoxy) is 2. The standard InChI is InChI=1S/C21H16F6N2O5/c1-33-20(32)12-9-29(4-5-30)19(31)17(12)28-16-3-2-11(8-13(16)22)34-18-14(23)6-10(7-15(18)24)21(25,26)27/h2-3,6-8,28,30H,4-5,9H2,1H3. The van der Waals surface area contributed by atoms with Gasteiger partial charge in [-0.25, -0.2) is 18.0 Å². The summed E-state index contributed by atoms with van der Waals surface area (Å²) in [5, 5.41) is 11.5. The molecule has 0 saturated carbocycles. The molecular weight excluding hydrogens is 474 g/mol. The number of esters is 1. The van der Waals surface area contributed by atoms with Gasteiger partial charge in [0.1, 0.15) is 17.3 Å². The highest BCUT2D eigenvalue weighted by molar-refractivity contribution is 6.08. The van der Waals surface area contributed by atoms with Gasteiger partial charge in [0.25, 0.3) is 5.91 Å². The number of nitrogens with one attached hydrogen (secondary N) is 1. The molecule has 2 N–H and O–H groups in total. The van der Waals surface area contributed by atoms with Gasteiger partial charge in [0.15, 0.2) is 17.4 Å². The van der Waals surface area contributed by atoms with Crippen LogP contribution in [0.3, 0.4) is 0 Å². The molecule has 7 nitrogen and oxygen atoms in total. The molecule has 182 valence electrons. The van der Waals surface area contributed by atoms with Crippen molar-refractivity contribution in [2.45, 2.75) is 6.18 Å². The predicted molar refractivity (Wildman–Crippen MR) is 104 cm³/mol. The fourth-order valence-electron chi connectivity index (χ4n) is 3.08. The molecule has 34 heavy (non-hydrogen) atoms. The molecule has 0 spiro atoms. The zero-order chi connectivity index (χ0) is 25.2. The third kappa shape index (κ3) is 5.09. The van der Waals surface area contributed by atoms with Crippen molar-refractivity contribution in [2.75, 3.05) is 32.1 Å². The van der Waals surface area contributed by atoms with Gasteiger partial charge >= 0.3 is 12.1 Å². The Hall–Kier alpha value is -3.74. The molecule has 0 radical (unpaired) electrons. The van der Waals surface area contributed by atoms with Crippen molar-refractivity contribution in [1.82, 2.24) is 4.90 Å². The van der Waals surface area contributed by atoms with Crippen LogP contribution in [0.4, 0.5) is 32.0 Å². The lowest BCUT2D eigenvalue weighted by Gasteiger charge is -2.15. The lowest BCUT2D eigenvalue weighted by Crippen LogP contribution is -2.31. The van der Waals surface area contributed by atoms with Crippen molar-refractivity contribution in [3.05, 3.63) is 64.6 Å². The van der Waals surface area contributed by atoms with E-state index in [0.29, 0.717) is 6.07 Å². The summed E-state index contributed by atoms with van der Waals surface area (Å²) in [5.41, 5.74) is -2.30. The highest BCUT2D eigenvalue weighted by Gasteiger charge is 2.35. The zero-order valence-corrected chi connectivity index (χ0v) is 17.3. The van der Waals surface area contributed by atoms with Crippen LogP contribution in [0.1, 0.15) is 5.56 Å². The molecule has 1 aliphatic rings. The maximum Gasteiger partial charge on any atom is 0.416 e. The Balaban J connectivity index is 1.86. The second-order valence-electron chi connectivity index (χ2n) is 6.93. The Bertz CT molecular complexity index is 1140. The van der Waals surface area contributed by atoms with Gasteiger partial charge in [0, 0.05) is 12.6 Å². The number of hydrogen-bond acceptors (Lipinski definition) is 6. The van der Waals surface area contributed by atoms with E-state index < -0.39 is 52.6 Å². The van der Waals surface area contributed by atoms with Crippen LogP contribution in [-0.2, 0) is 20.5 Å². The van der Waals surface area contributed by atoms with Gasteiger partial charge in [-0.05, 0) is 24.3 Å². The molecule has 0 aliphatic carbocycles. The minimum atomic E-state index is -4.98. The Morgan fingerprint density at radius 1 is 1.12 bits per heavy atom. The van der Waals surface area contributed by atoms with E-state index in [1.807, 2.05) is 0 Å². The number of nitrogens with zero attached hydrogens (tertiary/aromatic N) is 1. The van der Waals surface area contributed by atoms with Crippen molar-refractivity contribution in [3.8, 4) is 11.5 Å². The number of carbonyl (C=O) groups excluding carboxylic acids is 2. The van der Waals surface area contributed by atoms with E-state index in [0.717, 1.165) is 24.1 Å². The van der Waals surface area contributed by atoms with Gasteiger partial charge in [-0.1, -0.05) is 0 Å². The van der Waals surface area contributed by atoms with Gasteiger partial charge in [0.05, 0.1) is 37.1 Å². The number of halogens is 6. The predicted octanol–water partition coefficient (Wildman–Crippen LogP) is 3.59. The van der Waals surface area contributed by atoms with Crippen molar-refractivity contribution >= 4 is 17.6 Å². The van der Waals surface area contributed by atoms with Crippen LogP contribution in [0.5, 0.6) is 11.5 Å². The Kier molecular flexibility index (Phi) is 7.05. The number of methoxy groups -OCH3 is 1. The molecule has 1 heterocycles. The molecular formula is C21H16F6N2O5. The van der Waals surface area contributed by atoms with Crippen molar-refractivity contribution in [1.29, 1.82) is 0 Å². The van der Waals surface area contributed by atoms with E-state index in [4.69, 9.17) is 9.84 Å². The smallest absolute Gasteiger partial charge is 0.416 e. The van der Waals surface area contributed by atoms with Crippen LogP contribution in [0, 0.1) is 17.5 Å². The molecule has 13 heteroatoms. The van der Waals surface area contributed by atoms with Crippen molar-refractivity contribution in [2.24, 2.45) is 0 Å². The molecule has 0 fully saturated rings. The molecule has 2 aromatic rings. The minimum absolute atomic E-state index is 0.0371. The average Bonchev–Trinajstić information content (AvgIpc) is 3.07. The monoisotopic (exact) mass is 490 g/mol. The summed E-state index contributed by atoms with van der Waals surface area (Å²) < 4.78 is 90.1. The first kappa shape index (κ1) is 24.9. The summed E-state index contributed by atoms with van der Waals surface area (Å²) in [6.45, 7) is -0.668. The van der Waals surface area contributed by atoms with Crippen LogP contribution in [0.15, 0.2) is 41.6 Å². The molecule has 3 rings (SSSR count). The van der Waals surface area contributed by atoms with Gasteiger partial charge < -0.3 is 24.8 Å². The maximum absolute atomic E-state index is 14.6. The normalized spacial score (nSPS) is 14.0. The number of alkyl halides is 3. The SMILES string of the molecule is COC(=O)C1=C(Nc2ccc(Oc3c(F)cc(C(F)(F)F)cc3F)cc2F)C(=O)N(CCO)C1. The summed E-state index contributed by atoms with van der Waals surface area (Å²) in [6, 6.07) is 2.80. The number of β-amino-alcohol motifs (C(OH)–C–C–N with tert-alkyl or cyclic N) is 1. The maximum atomic E-state index is 14.6. The number of hydrogen-bond donors (Lipinski definition) is 2.